The van der Waals surface area contributed by atoms with Gasteiger partial charge in [-0.05, 0) is 17.8 Å². The Kier molecular flexibility index (Phi) is 6.65. The predicted octanol–water partition coefficient (Wildman–Crippen LogP) is 2.30. The van der Waals surface area contributed by atoms with Crippen molar-refractivity contribution in [3.8, 4) is 0 Å². The molecule has 96 valence electrons. The lowest BCUT2D eigenvalue weighted by Crippen LogP contribution is -2.38. The van der Waals surface area contributed by atoms with Crippen LogP contribution in [0.2, 0.25) is 0 Å². The summed E-state index contributed by atoms with van der Waals surface area (Å²) in [5, 5.41) is 2.91. The number of carbonyl (C=O) groups excluding carboxylic acids is 1. The van der Waals surface area contributed by atoms with E-state index in [1.165, 1.54) is 0 Å². The van der Waals surface area contributed by atoms with Crippen molar-refractivity contribution in [2.45, 2.75) is 59.9 Å². The SMILES string of the molecule is CCCC(N)CNC(=O)CC(C)C(C)(C)C. The van der Waals surface area contributed by atoms with Crippen LogP contribution in [-0.4, -0.2) is 18.5 Å². The Morgan fingerprint density at radius 3 is 2.38 bits per heavy atom. The zero-order chi connectivity index (χ0) is 12.8. The van der Waals surface area contributed by atoms with Gasteiger partial charge in [-0.1, -0.05) is 41.0 Å². The molecule has 1 amide bonds. The second-order valence-corrected chi connectivity index (χ2v) is 5.82. The second kappa shape index (κ2) is 6.89. The highest BCUT2D eigenvalue weighted by Crippen LogP contribution is 2.27. The molecule has 0 aliphatic rings. The first kappa shape index (κ1) is 15.4. The number of nitrogens with one attached hydrogen (secondary N) is 1. The predicted molar refractivity (Wildman–Crippen MR) is 69.1 cm³/mol. The van der Waals surface area contributed by atoms with Crippen LogP contribution >= 0.6 is 0 Å². The number of hydrogen-bond donors (Lipinski definition) is 2. The monoisotopic (exact) mass is 228 g/mol. The molecule has 0 aromatic carbocycles. The summed E-state index contributed by atoms with van der Waals surface area (Å²) in [7, 11) is 0. The molecule has 0 saturated carbocycles. The van der Waals surface area contributed by atoms with Gasteiger partial charge in [0.1, 0.15) is 0 Å². The molecule has 0 saturated heterocycles. The molecular formula is C13H28N2O. The highest BCUT2D eigenvalue weighted by atomic mass is 16.1. The molecule has 3 nitrogen and oxygen atoms in total. The summed E-state index contributed by atoms with van der Waals surface area (Å²) < 4.78 is 0. The van der Waals surface area contributed by atoms with Crippen LogP contribution in [0.25, 0.3) is 0 Å². The second-order valence-electron chi connectivity index (χ2n) is 5.82. The molecule has 0 aromatic heterocycles. The smallest absolute Gasteiger partial charge is 0.220 e. The minimum absolute atomic E-state index is 0.0962. The first-order valence-corrected chi connectivity index (χ1v) is 6.29. The average Bonchev–Trinajstić information content (AvgIpc) is 2.13. The van der Waals surface area contributed by atoms with Crippen molar-refractivity contribution < 1.29 is 4.79 Å². The Labute approximate surface area is 100 Å². The van der Waals surface area contributed by atoms with E-state index in [1.54, 1.807) is 0 Å². The molecule has 0 bridgehead atoms. The zero-order valence-electron chi connectivity index (χ0n) is 11.5. The lowest BCUT2D eigenvalue weighted by Gasteiger charge is -2.26. The summed E-state index contributed by atoms with van der Waals surface area (Å²) in [6, 6.07) is 0.0962. The van der Waals surface area contributed by atoms with Crippen molar-refractivity contribution in [1.82, 2.24) is 5.32 Å². The van der Waals surface area contributed by atoms with Gasteiger partial charge in [-0.3, -0.25) is 4.79 Å². The number of hydrogen-bond acceptors (Lipinski definition) is 2. The van der Waals surface area contributed by atoms with Crippen LogP contribution in [0.5, 0.6) is 0 Å². The standard InChI is InChI=1S/C13H28N2O/c1-6-7-11(14)9-15-12(16)8-10(2)13(3,4)5/h10-11H,6-9,14H2,1-5H3,(H,15,16). The fraction of sp³-hybridized carbons (Fsp3) is 0.923. The van der Waals surface area contributed by atoms with Crippen molar-refractivity contribution >= 4 is 5.91 Å². The van der Waals surface area contributed by atoms with E-state index < -0.39 is 0 Å². The van der Waals surface area contributed by atoms with Crippen molar-refractivity contribution in [2.24, 2.45) is 17.1 Å². The van der Waals surface area contributed by atoms with Crippen LogP contribution in [-0.2, 0) is 4.79 Å². The van der Waals surface area contributed by atoms with Gasteiger partial charge in [0.2, 0.25) is 5.91 Å². The van der Waals surface area contributed by atoms with E-state index >= 15 is 0 Å². The third-order valence-corrected chi connectivity index (χ3v) is 3.19. The van der Waals surface area contributed by atoms with Crippen LogP contribution in [0, 0.1) is 11.3 Å². The molecule has 2 atom stereocenters. The van der Waals surface area contributed by atoms with E-state index in [9.17, 15) is 4.79 Å². The Bertz CT molecular complexity index is 208. The van der Waals surface area contributed by atoms with Gasteiger partial charge in [0, 0.05) is 19.0 Å². The van der Waals surface area contributed by atoms with Gasteiger partial charge >= 0.3 is 0 Å². The largest absolute Gasteiger partial charge is 0.355 e. The van der Waals surface area contributed by atoms with Gasteiger partial charge in [-0.25, -0.2) is 0 Å². The average molecular weight is 228 g/mol. The van der Waals surface area contributed by atoms with Crippen molar-refractivity contribution in [2.75, 3.05) is 6.54 Å². The van der Waals surface area contributed by atoms with E-state index in [-0.39, 0.29) is 17.4 Å². The quantitative estimate of drug-likeness (QED) is 0.733. The van der Waals surface area contributed by atoms with Gasteiger partial charge in [0.05, 0.1) is 0 Å². The molecular weight excluding hydrogens is 200 g/mol. The van der Waals surface area contributed by atoms with Crippen molar-refractivity contribution in [1.29, 1.82) is 0 Å². The minimum atomic E-state index is 0.0962. The Balaban J connectivity index is 3.83. The molecule has 2 unspecified atom stereocenters. The Morgan fingerprint density at radius 1 is 1.38 bits per heavy atom. The summed E-state index contributed by atoms with van der Waals surface area (Å²) in [5.41, 5.74) is 6.02. The van der Waals surface area contributed by atoms with Crippen LogP contribution in [0.15, 0.2) is 0 Å². The molecule has 0 radical (unpaired) electrons. The first-order chi connectivity index (χ1) is 7.27. The van der Waals surface area contributed by atoms with E-state index in [1.807, 2.05) is 0 Å². The lowest BCUT2D eigenvalue weighted by molar-refractivity contribution is -0.122. The normalized spacial score (nSPS) is 15.6. The number of carbonyl (C=O) groups is 1. The summed E-state index contributed by atoms with van der Waals surface area (Å²) >= 11 is 0. The lowest BCUT2D eigenvalue weighted by atomic mass is 9.80. The van der Waals surface area contributed by atoms with E-state index in [4.69, 9.17) is 5.73 Å². The summed E-state index contributed by atoms with van der Waals surface area (Å²) in [6.45, 7) is 11.3. The Hall–Kier alpha value is -0.570. The van der Waals surface area contributed by atoms with Gasteiger partial charge in [0.15, 0.2) is 0 Å². The third kappa shape index (κ3) is 6.83. The first-order valence-electron chi connectivity index (χ1n) is 6.29. The van der Waals surface area contributed by atoms with Crippen LogP contribution in [0.1, 0.15) is 53.9 Å². The molecule has 0 aliphatic carbocycles. The maximum absolute atomic E-state index is 11.6. The maximum Gasteiger partial charge on any atom is 0.220 e. The summed E-state index contributed by atoms with van der Waals surface area (Å²) in [4.78, 5) is 11.6. The molecule has 0 heterocycles. The maximum atomic E-state index is 11.6. The Morgan fingerprint density at radius 2 is 1.94 bits per heavy atom. The molecule has 16 heavy (non-hydrogen) atoms. The number of nitrogens with two attached hydrogens (primary N) is 1. The highest BCUT2D eigenvalue weighted by molar-refractivity contribution is 5.76. The number of amides is 1. The fourth-order valence-electron chi connectivity index (χ4n) is 1.37. The van der Waals surface area contributed by atoms with Crippen LogP contribution in [0.3, 0.4) is 0 Å². The topological polar surface area (TPSA) is 55.1 Å². The van der Waals surface area contributed by atoms with Gasteiger partial charge in [0.25, 0.3) is 0 Å². The molecule has 0 aliphatic heterocycles. The van der Waals surface area contributed by atoms with E-state index in [2.05, 4.69) is 39.9 Å². The van der Waals surface area contributed by atoms with Gasteiger partial charge in [-0.15, -0.1) is 0 Å². The third-order valence-electron chi connectivity index (χ3n) is 3.19. The summed E-state index contributed by atoms with van der Waals surface area (Å²) in [5.74, 6) is 0.504. The zero-order valence-corrected chi connectivity index (χ0v) is 11.5. The van der Waals surface area contributed by atoms with Crippen LogP contribution < -0.4 is 11.1 Å². The minimum Gasteiger partial charge on any atom is -0.355 e. The van der Waals surface area contributed by atoms with Crippen molar-refractivity contribution in [3.63, 3.8) is 0 Å². The molecule has 3 heteroatoms. The number of rotatable bonds is 6. The molecule has 0 fully saturated rings. The molecule has 0 aromatic rings. The summed E-state index contributed by atoms with van der Waals surface area (Å²) in [6.07, 6.45) is 2.62. The molecule has 0 spiro atoms. The molecule has 3 N–H and O–H groups in total. The van der Waals surface area contributed by atoms with E-state index in [0.29, 0.717) is 18.9 Å². The van der Waals surface area contributed by atoms with Crippen molar-refractivity contribution in [3.05, 3.63) is 0 Å². The van der Waals surface area contributed by atoms with E-state index in [0.717, 1.165) is 12.8 Å². The fourth-order valence-corrected chi connectivity index (χ4v) is 1.37. The van der Waals surface area contributed by atoms with Gasteiger partial charge in [-0.2, -0.15) is 0 Å². The highest BCUT2D eigenvalue weighted by Gasteiger charge is 2.22. The molecule has 0 rings (SSSR count). The van der Waals surface area contributed by atoms with Crippen LogP contribution in [0.4, 0.5) is 0 Å². The van der Waals surface area contributed by atoms with Gasteiger partial charge < -0.3 is 11.1 Å².